The molecule has 1 aliphatic rings. The molecular weight excluding hydrogens is 324 g/mol. The lowest BCUT2D eigenvalue weighted by atomic mass is 10.0. The Hall–Kier alpha value is -2.46. The average molecular weight is 350 g/mol. The number of hydrogen-bond donors (Lipinski definition) is 1. The molecule has 0 aromatic heterocycles. The average Bonchev–Trinajstić information content (AvgIpc) is 3.07. The van der Waals surface area contributed by atoms with Crippen LogP contribution in [0.4, 0.5) is 5.69 Å². The van der Waals surface area contributed by atoms with Gasteiger partial charge in [0.25, 0.3) is 0 Å². The fourth-order valence-corrected chi connectivity index (χ4v) is 3.45. The molecular formula is C22H26N2O2. The molecule has 2 aromatic rings. The molecule has 0 bridgehead atoms. The van der Waals surface area contributed by atoms with Gasteiger partial charge in [0, 0.05) is 30.6 Å². The van der Waals surface area contributed by atoms with Gasteiger partial charge in [-0.15, -0.1) is 0 Å². The number of nitrogens with zero attached hydrogens (tertiary/aromatic N) is 1. The molecule has 136 valence electrons. The van der Waals surface area contributed by atoms with Gasteiger partial charge in [0.1, 0.15) is 0 Å². The highest BCUT2D eigenvalue weighted by Gasteiger charge is 2.15. The molecule has 0 spiro atoms. The Kier molecular flexibility index (Phi) is 5.84. The van der Waals surface area contributed by atoms with E-state index in [2.05, 4.69) is 16.3 Å². The Bertz CT molecular complexity index is 812. The minimum Gasteiger partial charge on any atom is -0.326 e. The molecule has 26 heavy (non-hydrogen) atoms. The number of amides is 1. The van der Waals surface area contributed by atoms with Crippen molar-refractivity contribution in [3.05, 3.63) is 64.7 Å². The summed E-state index contributed by atoms with van der Waals surface area (Å²) in [5.41, 5.74) is 5.29. The number of carbonyl (C=O) groups excluding carboxylic acids is 2. The molecule has 0 radical (unpaired) electrons. The van der Waals surface area contributed by atoms with E-state index in [1.165, 1.54) is 17.5 Å². The lowest BCUT2D eigenvalue weighted by Crippen LogP contribution is -2.14. The van der Waals surface area contributed by atoms with Crippen molar-refractivity contribution < 1.29 is 9.59 Å². The third-order valence-corrected chi connectivity index (χ3v) is 4.71. The number of rotatable bonds is 7. The summed E-state index contributed by atoms with van der Waals surface area (Å²) in [7, 11) is 4.02. The first-order chi connectivity index (χ1) is 12.5. The first kappa shape index (κ1) is 18.3. The van der Waals surface area contributed by atoms with Gasteiger partial charge in [-0.1, -0.05) is 24.3 Å². The zero-order chi connectivity index (χ0) is 18.5. The van der Waals surface area contributed by atoms with Crippen molar-refractivity contribution in [1.82, 2.24) is 4.90 Å². The van der Waals surface area contributed by atoms with Crippen LogP contribution in [-0.4, -0.2) is 30.7 Å². The number of fused-ring (bicyclic) bond motifs is 1. The maximum absolute atomic E-state index is 12.4. The topological polar surface area (TPSA) is 49.4 Å². The molecule has 0 atom stereocenters. The van der Waals surface area contributed by atoms with Crippen molar-refractivity contribution in [2.75, 3.05) is 19.4 Å². The third kappa shape index (κ3) is 4.79. The maximum atomic E-state index is 12.4. The molecule has 4 nitrogen and oxygen atoms in total. The van der Waals surface area contributed by atoms with E-state index in [9.17, 15) is 9.59 Å². The van der Waals surface area contributed by atoms with Crippen LogP contribution in [0, 0.1) is 0 Å². The standard InChI is InChI=1S/C22H26N2O2/c1-24(2)15-16-5-3-8-20(13-16)23-22(26)12-11-21(25)19-10-9-17-6-4-7-18(17)14-19/h3,5,8-10,13-14H,4,6-7,11-12,15H2,1-2H3,(H,23,26). The molecule has 3 rings (SSSR count). The maximum Gasteiger partial charge on any atom is 0.224 e. The number of ketones is 1. The summed E-state index contributed by atoms with van der Waals surface area (Å²) in [6.45, 7) is 0.820. The lowest BCUT2D eigenvalue weighted by Gasteiger charge is -2.11. The number of nitrogens with one attached hydrogen (secondary N) is 1. The van der Waals surface area contributed by atoms with Crippen LogP contribution in [-0.2, 0) is 24.2 Å². The van der Waals surface area contributed by atoms with E-state index in [4.69, 9.17) is 0 Å². The monoisotopic (exact) mass is 350 g/mol. The fraction of sp³-hybridized carbons (Fsp3) is 0.364. The highest BCUT2D eigenvalue weighted by atomic mass is 16.2. The van der Waals surface area contributed by atoms with Crippen LogP contribution in [0.1, 0.15) is 46.3 Å². The van der Waals surface area contributed by atoms with Gasteiger partial charge in [-0.2, -0.15) is 0 Å². The fourth-order valence-electron chi connectivity index (χ4n) is 3.45. The first-order valence-corrected chi connectivity index (χ1v) is 9.20. The summed E-state index contributed by atoms with van der Waals surface area (Å²) in [4.78, 5) is 26.7. The zero-order valence-corrected chi connectivity index (χ0v) is 15.5. The van der Waals surface area contributed by atoms with Gasteiger partial charge in [-0.3, -0.25) is 9.59 Å². The van der Waals surface area contributed by atoms with Crippen molar-refractivity contribution in [3.63, 3.8) is 0 Å². The predicted molar refractivity (Wildman–Crippen MR) is 104 cm³/mol. The molecule has 1 amide bonds. The van der Waals surface area contributed by atoms with Crippen molar-refractivity contribution in [2.24, 2.45) is 0 Å². The molecule has 1 aliphatic carbocycles. The summed E-state index contributed by atoms with van der Waals surface area (Å²) >= 11 is 0. The van der Waals surface area contributed by atoms with Crippen LogP contribution in [0.2, 0.25) is 0 Å². The van der Waals surface area contributed by atoms with E-state index < -0.39 is 0 Å². The predicted octanol–water partition coefficient (Wildman–Crippen LogP) is 3.84. The van der Waals surface area contributed by atoms with Crippen LogP contribution in [0.25, 0.3) is 0 Å². The molecule has 0 unspecified atom stereocenters. The summed E-state index contributed by atoms with van der Waals surface area (Å²) < 4.78 is 0. The van der Waals surface area contributed by atoms with Crippen LogP contribution in [0.15, 0.2) is 42.5 Å². The Morgan fingerprint density at radius 2 is 1.81 bits per heavy atom. The van der Waals surface area contributed by atoms with Crippen LogP contribution in [0.5, 0.6) is 0 Å². The van der Waals surface area contributed by atoms with Crippen LogP contribution < -0.4 is 5.32 Å². The van der Waals surface area contributed by atoms with E-state index in [0.717, 1.165) is 36.2 Å². The second-order valence-electron chi connectivity index (χ2n) is 7.25. The van der Waals surface area contributed by atoms with Crippen LogP contribution in [0.3, 0.4) is 0 Å². The van der Waals surface area contributed by atoms with Gasteiger partial charge < -0.3 is 10.2 Å². The largest absolute Gasteiger partial charge is 0.326 e. The minimum absolute atomic E-state index is 0.0382. The molecule has 2 aromatic carbocycles. The van der Waals surface area contributed by atoms with Gasteiger partial charge in [-0.05, 0) is 68.2 Å². The minimum atomic E-state index is -0.124. The number of anilines is 1. The normalized spacial score (nSPS) is 12.9. The van der Waals surface area contributed by atoms with E-state index in [-0.39, 0.29) is 24.5 Å². The second kappa shape index (κ2) is 8.28. The summed E-state index contributed by atoms with van der Waals surface area (Å²) in [5, 5.41) is 2.89. The quantitative estimate of drug-likeness (QED) is 0.772. The Morgan fingerprint density at radius 1 is 1.00 bits per heavy atom. The smallest absolute Gasteiger partial charge is 0.224 e. The molecule has 1 N–H and O–H groups in total. The Morgan fingerprint density at radius 3 is 2.62 bits per heavy atom. The van der Waals surface area contributed by atoms with Crippen LogP contribution >= 0.6 is 0 Å². The molecule has 0 saturated carbocycles. The van der Waals surface area contributed by atoms with Crippen molar-refractivity contribution in [1.29, 1.82) is 0 Å². The van der Waals surface area contributed by atoms with Crippen molar-refractivity contribution in [2.45, 2.75) is 38.6 Å². The third-order valence-electron chi connectivity index (χ3n) is 4.71. The van der Waals surface area contributed by atoms with E-state index in [1.807, 2.05) is 50.5 Å². The van der Waals surface area contributed by atoms with E-state index >= 15 is 0 Å². The summed E-state index contributed by atoms with van der Waals surface area (Å²) in [6, 6.07) is 13.8. The van der Waals surface area contributed by atoms with Gasteiger partial charge in [-0.25, -0.2) is 0 Å². The molecule has 0 heterocycles. The van der Waals surface area contributed by atoms with Gasteiger partial charge in [0.15, 0.2) is 5.78 Å². The van der Waals surface area contributed by atoms with Crippen molar-refractivity contribution >= 4 is 17.4 Å². The van der Waals surface area contributed by atoms with Crippen molar-refractivity contribution in [3.8, 4) is 0 Å². The summed E-state index contributed by atoms with van der Waals surface area (Å²) in [5.74, 6) is -0.0854. The first-order valence-electron chi connectivity index (χ1n) is 9.20. The second-order valence-corrected chi connectivity index (χ2v) is 7.25. The SMILES string of the molecule is CN(C)Cc1cccc(NC(=O)CCC(=O)c2ccc3c(c2)CCC3)c1. The number of aryl methyl sites for hydroxylation is 2. The zero-order valence-electron chi connectivity index (χ0n) is 15.5. The van der Waals surface area contributed by atoms with Gasteiger partial charge in [0.2, 0.25) is 5.91 Å². The van der Waals surface area contributed by atoms with Gasteiger partial charge in [0.05, 0.1) is 0 Å². The molecule has 0 fully saturated rings. The highest BCUT2D eigenvalue weighted by molar-refractivity contribution is 6.00. The lowest BCUT2D eigenvalue weighted by molar-refractivity contribution is -0.116. The molecule has 4 heteroatoms. The summed E-state index contributed by atoms with van der Waals surface area (Å²) in [6.07, 6.45) is 3.78. The molecule has 0 saturated heterocycles. The Labute approximate surface area is 155 Å². The van der Waals surface area contributed by atoms with E-state index in [1.54, 1.807) is 0 Å². The highest BCUT2D eigenvalue weighted by Crippen LogP contribution is 2.23. The number of carbonyl (C=O) groups is 2. The number of hydrogen-bond acceptors (Lipinski definition) is 3. The van der Waals surface area contributed by atoms with Gasteiger partial charge >= 0.3 is 0 Å². The van der Waals surface area contributed by atoms with E-state index in [0.29, 0.717) is 0 Å². The number of Topliss-reactive ketones (excluding diaryl/α,β-unsaturated/α-hetero) is 1. The Balaban J connectivity index is 1.53. The molecule has 0 aliphatic heterocycles. The number of benzene rings is 2.